The first-order chi connectivity index (χ1) is 7.86. The Bertz CT molecular complexity index is 491. The van der Waals surface area contributed by atoms with Crippen molar-refractivity contribution in [3.8, 4) is 0 Å². The molecule has 0 radical (unpaired) electrons. The molecule has 0 fully saturated rings. The van der Waals surface area contributed by atoms with E-state index in [1.165, 1.54) is 0 Å². The molecule has 84 valence electrons. The highest BCUT2D eigenvalue weighted by Gasteiger charge is 2.09. The highest BCUT2D eigenvalue weighted by atomic mass is 16.5. The third kappa shape index (κ3) is 1.92. The third-order valence-electron chi connectivity index (χ3n) is 2.47. The fourth-order valence-corrected chi connectivity index (χ4v) is 1.70. The monoisotopic (exact) mass is 218 g/mol. The van der Waals surface area contributed by atoms with E-state index in [0.717, 1.165) is 23.0 Å². The Morgan fingerprint density at radius 2 is 2.25 bits per heavy atom. The Labute approximate surface area is 93.6 Å². The standard InChI is InChI=1S/C12H14N2O2/c1-16-7-6-13-12-10(8-15)9-4-2-3-5-11(9)14-12/h2-5,8,13-14H,6-7H2,1H3. The number of fused-ring (bicyclic) bond motifs is 1. The van der Waals surface area contributed by atoms with Crippen molar-refractivity contribution >= 4 is 23.0 Å². The quantitative estimate of drug-likeness (QED) is 0.596. The van der Waals surface area contributed by atoms with Gasteiger partial charge in [-0.3, -0.25) is 4.79 Å². The zero-order valence-corrected chi connectivity index (χ0v) is 9.12. The summed E-state index contributed by atoms with van der Waals surface area (Å²) >= 11 is 0. The summed E-state index contributed by atoms with van der Waals surface area (Å²) in [6.07, 6.45) is 0.869. The molecule has 0 saturated heterocycles. The first kappa shape index (κ1) is 10.7. The predicted octanol–water partition coefficient (Wildman–Crippen LogP) is 2.04. The summed E-state index contributed by atoms with van der Waals surface area (Å²) in [5.74, 6) is 0.758. The minimum absolute atomic E-state index is 0.605. The van der Waals surface area contributed by atoms with Gasteiger partial charge in [0.25, 0.3) is 0 Å². The van der Waals surface area contributed by atoms with Gasteiger partial charge in [-0.2, -0.15) is 0 Å². The normalized spacial score (nSPS) is 10.6. The van der Waals surface area contributed by atoms with E-state index in [-0.39, 0.29) is 0 Å². The second-order valence-electron chi connectivity index (χ2n) is 3.50. The molecule has 2 rings (SSSR count). The number of H-pyrrole nitrogens is 1. The van der Waals surface area contributed by atoms with Crippen LogP contribution in [0.25, 0.3) is 10.9 Å². The van der Waals surface area contributed by atoms with Crippen molar-refractivity contribution in [2.45, 2.75) is 0 Å². The maximum atomic E-state index is 11.0. The zero-order valence-electron chi connectivity index (χ0n) is 9.12. The number of aromatic amines is 1. The Balaban J connectivity index is 2.33. The number of hydrogen-bond donors (Lipinski definition) is 2. The minimum atomic E-state index is 0.605. The first-order valence-electron chi connectivity index (χ1n) is 5.15. The van der Waals surface area contributed by atoms with Gasteiger partial charge in [0.05, 0.1) is 12.2 Å². The second-order valence-corrected chi connectivity index (χ2v) is 3.50. The molecule has 4 heteroatoms. The SMILES string of the molecule is COCCNc1[nH]c2ccccc2c1C=O. The smallest absolute Gasteiger partial charge is 0.154 e. The number of carbonyl (C=O) groups is 1. The summed E-state index contributed by atoms with van der Waals surface area (Å²) in [5, 5.41) is 4.08. The molecule has 0 atom stereocenters. The van der Waals surface area contributed by atoms with Crippen LogP contribution in [0.5, 0.6) is 0 Å². The molecule has 0 aliphatic carbocycles. The van der Waals surface area contributed by atoms with Crippen LogP contribution in [-0.2, 0) is 4.74 Å². The van der Waals surface area contributed by atoms with Gasteiger partial charge in [-0.25, -0.2) is 0 Å². The summed E-state index contributed by atoms with van der Waals surface area (Å²) < 4.78 is 4.95. The number of benzene rings is 1. The van der Waals surface area contributed by atoms with E-state index in [4.69, 9.17) is 4.74 Å². The molecule has 16 heavy (non-hydrogen) atoms. The van der Waals surface area contributed by atoms with Crippen molar-refractivity contribution in [3.63, 3.8) is 0 Å². The van der Waals surface area contributed by atoms with Crippen LogP contribution in [0.3, 0.4) is 0 Å². The average Bonchev–Trinajstić information content (AvgIpc) is 2.67. The molecule has 2 aromatic rings. The molecule has 0 saturated carbocycles. The number of methoxy groups -OCH3 is 1. The fraction of sp³-hybridized carbons (Fsp3) is 0.250. The second kappa shape index (κ2) is 4.81. The Kier molecular flexibility index (Phi) is 3.22. The number of carbonyl (C=O) groups excluding carboxylic acids is 1. The molecule has 1 heterocycles. The Morgan fingerprint density at radius 1 is 1.44 bits per heavy atom. The lowest BCUT2D eigenvalue weighted by molar-refractivity contribution is 0.112. The highest BCUT2D eigenvalue weighted by Crippen LogP contribution is 2.24. The lowest BCUT2D eigenvalue weighted by Crippen LogP contribution is -2.08. The van der Waals surface area contributed by atoms with Crippen LogP contribution in [-0.4, -0.2) is 31.5 Å². The van der Waals surface area contributed by atoms with E-state index in [2.05, 4.69) is 10.3 Å². The molecule has 2 N–H and O–H groups in total. The van der Waals surface area contributed by atoms with Crippen molar-refractivity contribution < 1.29 is 9.53 Å². The molecule has 1 aromatic carbocycles. The van der Waals surface area contributed by atoms with Crippen LogP contribution in [0.2, 0.25) is 0 Å². The number of anilines is 1. The number of nitrogens with one attached hydrogen (secondary N) is 2. The molecule has 0 bridgehead atoms. The topological polar surface area (TPSA) is 54.1 Å². The molecular formula is C12H14N2O2. The first-order valence-corrected chi connectivity index (χ1v) is 5.15. The van der Waals surface area contributed by atoms with Crippen LogP contribution >= 0.6 is 0 Å². The van der Waals surface area contributed by atoms with Gasteiger partial charge < -0.3 is 15.0 Å². The number of hydrogen-bond acceptors (Lipinski definition) is 3. The minimum Gasteiger partial charge on any atom is -0.383 e. The number of ether oxygens (including phenoxy) is 1. The molecule has 1 aromatic heterocycles. The molecular weight excluding hydrogens is 204 g/mol. The molecule has 0 aliphatic rings. The average molecular weight is 218 g/mol. The molecule has 0 unspecified atom stereocenters. The van der Waals surface area contributed by atoms with E-state index < -0.39 is 0 Å². The molecule has 0 amide bonds. The maximum Gasteiger partial charge on any atom is 0.154 e. The number of rotatable bonds is 5. The number of aromatic nitrogens is 1. The summed E-state index contributed by atoms with van der Waals surface area (Å²) in [6.45, 7) is 1.28. The van der Waals surface area contributed by atoms with Crippen LogP contribution in [0, 0.1) is 0 Å². The van der Waals surface area contributed by atoms with Crippen molar-refractivity contribution in [3.05, 3.63) is 29.8 Å². The van der Waals surface area contributed by atoms with Crippen molar-refractivity contribution in [1.29, 1.82) is 0 Å². The number of para-hydroxylation sites is 1. The number of aldehydes is 1. The van der Waals surface area contributed by atoms with Gasteiger partial charge in [0, 0.05) is 24.6 Å². The molecule has 4 nitrogen and oxygen atoms in total. The van der Waals surface area contributed by atoms with E-state index in [9.17, 15) is 4.79 Å². The third-order valence-corrected chi connectivity index (χ3v) is 2.47. The largest absolute Gasteiger partial charge is 0.383 e. The fourth-order valence-electron chi connectivity index (χ4n) is 1.70. The van der Waals surface area contributed by atoms with Gasteiger partial charge >= 0.3 is 0 Å². The van der Waals surface area contributed by atoms with Gasteiger partial charge in [0.1, 0.15) is 5.82 Å². The summed E-state index contributed by atoms with van der Waals surface area (Å²) in [4.78, 5) is 14.2. The summed E-state index contributed by atoms with van der Waals surface area (Å²) in [5.41, 5.74) is 1.64. The van der Waals surface area contributed by atoms with Crippen LogP contribution in [0.1, 0.15) is 10.4 Å². The van der Waals surface area contributed by atoms with Gasteiger partial charge in [-0.1, -0.05) is 18.2 Å². The Hall–Kier alpha value is -1.81. The van der Waals surface area contributed by atoms with Crippen LogP contribution < -0.4 is 5.32 Å². The summed E-state index contributed by atoms with van der Waals surface area (Å²) in [7, 11) is 1.65. The van der Waals surface area contributed by atoms with Gasteiger partial charge in [0.15, 0.2) is 6.29 Å². The maximum absolute atomic E-state index is 11.0. The van der Waals surface area contributed by atoms with E-state index in [1.807, 2.05) is 24.3 Å². The van der Waals surface area contributed by atoms with E-state index >= 15 is 0 Å². The van der Waals surface area contributed by atoms with E-state index in [0.29, 0.717) is 18.7 Å². The van der Waals surface area contributed by atoms with E-state index in [1.54, 1.807) is 7.11 Å². The highest BCUT2D eigenvalue weighted by molar-refractivity contribution is 6.03. The molecule has 0 aliphatic heterocycles. The van der Waals surface area contributed by atoms with Gasteiger partial charge in [-0.05, 0) is 6.07 Å². The lowest BCUT2D eigenvalue weighted by atomic mass is 10.2. The van der Waals surface area contributed by atoms with Crippen LogP contribution in [0.4, 0.5) is 5.82 Å². The molecule has 0 spiro atoms. The predicted molar refractivity (Wildman–Crippen MR) is 64.1 cm³/mol. The van der Waals surface area contributed by atoms with Crippen molar-refractivity contribution in [2.24, 2.45) is 0 Å². The van der Waals surface area contributed by atoms with Gasteiger partial charge in [-0.15, -0.1) is 0 Å². The van der Waals surface area contributed by atoms with Crippen molar-refractivity contribution in [1.82, 2.24) is 4.98 Å². The summed E-state index contributed by atoms with van der Waals surface area (Å²) in [6, 6.07) is 7.73. The zero-order chi connectivity index (χ0) is 11.4. The van der Waals surface area contributed by atoms with Gasteiger partial charge in [0.2, 0.25) is 0 Å². The lowest BCUT2D eigenvalue weighted by Gasteiger charge is -2.03. The van der Waals surface area contributed by atoms with Crippen molar-refractivity contribution in [2.75, 3.05) is 25.6 Å². The Morgan fingerprint density at radius 3 is 3.00 bits per heavy atom. The van der Waals surface area contributed by atoms with Crippen LogP contribution in [0.15, 0.2) is 24.3 Å².